The van der Waals surface area contributed by atoms with E-state index in [0.717, 1.165) is 5.56 Å². The summed E-state index contributed by atoms with van der Waals surface area (Å²) in [6.07, 6.45) is 0. The monoisotopic (exact) mass is 259 g/mol. The molecule has 0 radical (unpaired) electrons. The van der Waals surface area contributed by atoms with Gasteiger partial charge in [-0.15, -0.1) is 12.4 Å². The van der Waals surface area contributed by atoms with Gasteiger partial charge in [0.05, 0.1) is 11.1 Å². The summed E-state index contributed by atoms with van der Waals surface area (Å²) in [6, 6.07) is 7.05. The fourth-order valence-corrected chi connectivity index (χ4v) is 1.39. The van der Waals surface area contributed by atoms with Crippen molar-refractivity contribution in [2.24, 2.45) is 5.73 Å². The summed E-state index contributed by atoms with van der Waals surface area (Å²) in [4.78, 5) is 4.15. The Bertz CT molecular complexity index is 471. The lowest BCUT2D eigenvalue weighted by molar-refractivity contribution is 0.362. The summed E-state index contributed by atoms with van der Waals surface area (Å²) in [7, 11) is 0. The summed E-state index contributed by atoms with van der Waals surface area (Å²) in [6.45, 7) is 1.78. The minimum Gasteiger partial charge on any atom is -0.337 e. The average molecular weight is 260 g/mol. The van der Waals surface area contributed by atoms with E-state index < -0.39 is 0 Å². The number of nitrogens with two attached hydrogens (primary N) is 1. The van der Waals surface area contributed by atoms with Crippen LogP contribution in [0.25, 0.3) is 11.4 Å². The summed E-state index contributed by atoms with van der Waals surface area (Å²) < 4.78 is 4.99. The third-order valence-electron chi connectivity index (χ3n) is 1.95. The first-order valence-electron chi connectivity index (χ1n) is 4.52. The number of rotatable bonds is 2. The van der Waals surface area contributed by atoms with Crippen molar-refractivity contribution in [3.05, 3.63) is 35.2 Å². The van der Waals surface area contributed by atoms with E-state index in [4.69, 9.17) is 21.9 Å². The van der Waals surface area contributed by atoms with E-state index in [2.05, 4.69) is 10.1 Å². The molecule has 1 aromatic heterocycles. The normalized spacial score (nSPS) is 11.9. The maximum atomic E-state index is 5.99. The van der Waals surface area contributed by atoms with E-state index in [9.17, 15) is 0 Å². The van der Waals surface area contributed by atoms with Gasteiger partial charge >= 0.3 is 0 Å². The van der Waals surface area contributed by atoms with Crippen LogP contribution in [0.15, 0.2) is 28.8 Å². The quantitative estimate of drug-likeness (QED) is 0.901. The van der Waals surface area contributed by atoms with Crippen molar-refractivity contribution in [3.8, 4) is 11.4 Å². The number of halogens is 2. The highest BCUT2D eigenvalue weighted by atomic mass is 35.5. The third-order valence-corrected chi connectivity index (χ3v) is 2.28. The van der Waals surface area contributed by atoms with Gasteiger partial charge in [-0.3, -0.25) is 0 Å². The number of aromatic nitrogens is 2. The molecule has 6 heteroatoms. The summed E-state index contributed by atoms with van der Waals surface area (Å²) >= 11 is 5.99. The molecule has 0 saturated carbocycles. The minimum atomic E-state index is -0.270. The number of hydrogen-bond acceptors (Lipinski definition) is 4. The van der Waals surface area contributed by atoms with Gasteiger partial charge in [0.25, 0.3) is 0 Å². The predicted octanol–water partition coefficient (Wildman–Crippen LogP) is 2.83. The molecule has 1 aromatic carbocycles. The molecule has 0 fully saturated rings. The average Bonchev–Trinajstić information content (AvgIpc) is 2.67. The molecule has 1 unspecified atom stereocenters. The maximum absolute atomic E-state index is 5.99. The zero-order chi connectivity index (χ0) is 10.8. The molecule has 0 amide bonds. The van der Waals surface area contributed by atoms with Gasteiger partial charge in [0.15, 0.2) is 0 Å². The van der Waals surface area contributed by atoms with E-state index in [-0.39, 0.29) is 18.4 Å². The Labute approximate surface area is 104 Å². The molecule has 16 heavy (non-hydrogen) atoms. The molecular formula is C10H11Cl2N3O. The van der Waals surface area contributed by atoms with Crippen LogP contribution >= 0.6 is 24.0 Å². The van der Waals surface area contributed by atoms with Gasteiger partial charge in [0.2, 0.25) is 11.7 Å². The molecule has 4 nitrogen and oxygen atoms in total. The zero-order valence-electron chi connectivity index (χ0n) is 8.55. The fourth-order valence-electron chi connectivity index (χ4n) is 1.17. The molecular weight excluding hydrogens is 249 g/mol. The lowest BCUT2D eigenvalue weighted by Crippen LogP contribution is -2.04. The van der Waals surface area contributed by atoms with Gasteiger partial charge in [-0.05, 0) is 19.1 Å². The minimum absolute atomic E-state index is 0. The molecule has 0 aliphatic rings. The van der Waals surface area contributed by atoms with Crippen LogP contribution in [0.1, 0.15) is 18.9 Å². The standard InChI is InChI=1S/C10H10ClN3O.ClH/c1-6(12)10-13-9(14-15-10)7-4-2-3-5-8(7)11;/h2-6H,12H2,1H3;1H. The van der Waals surface area contributed by atoms with Crippen molar-refractivity contribution in [1.29, 1.82) is 0 Å². The topological polar surface area (TPSA) is 64.9 Å². The highest BCUT2D eigenvalue weighted by Gasteiger charge is 2.13. The zero-order valence-corrected chi connectivity index (χ0v) is 10.1. The molecule has 0 bridgehead atoms. The van der Waals surface area contributed by atoms with Gasteiger partial charge < -0.3 is 10.3 Å². The Kier molecular flexibility index (Phi) is 4.29. The highest BCUT2D eigenvalue weighted by Crippen LogP contribution is 2.25. The van der Waals surface area contributed by atoms with Gasteiger partial charge in [-0.2, -0.15) is 4.98 Å². The Morgan fingerprint density at radius 3 is 2.62 bits per heavy atom. The smallest absolute Gasteiger partial charge is 0.243 e. The van der Waals surface area contributed by atoms with Crippen LogP contribution in [-0.4, -0.2) is 10.1 Å². The second-order valence-electron chi connectivity index (χ2n) is 3.22. The van der Waals surface area contributed by atoms with Crippen molar-refractivity contribution in [2.75, 3.05) is 0 Å². The van der Waals surface area contributed by atoms with Gasteiger partial charge in [-0.25, -0.2) is 0 Å². The Morgan fingerprint density at radius 1 is 1.38 bits per heavy atom. The molecule has 2 N–H and O–H groups in total. The number of benzene rings is 1. The van der Waals surface area contributed by atoms with E-state index in [1.807, 2.05) is 18.2 Å². The second-order valence-corrected chi connectivity index (χ2v) is 3.63. The fraction of sp³-hybridized carbons (Fsp3) is 0.200. The van der Waals surface area contributed by atoms with Crippen LogP contribution < -0.4 is 5.73 Å². The highest BCUT2D eigenvalue weighted by molar-refractivity contribution is 6.33. The Balaban J connectivity index is 0.00000128. The molecule has 0 saturated heterocycles. The molecule has 2 rings (SSSR count). The first-order chi connectivity index (χ1) is 7.18. The first-order valence-corrected chi connectivity index (χ1v) is 4.90. The molecule has 1 heterocycles. The second kappa shape index (κ2) is 5.30. The third kappa shape index (κ3) is 2.52. The maximum Gasteiger partial charge on any atom is 0.243 e. The van der Waals surface area contributed by atoms with Crippen molar-refractivity contribution in [2.45, 2.75) is 13.0 Å². The van der Waals surface area contributed by atoms with E-state index >= 15 is 0 Å². The number of hydrogen-bond donors (Lipinski definition) is 1. The van der Waals surface area contributed by atoms with E-state index in [1.165, 1.54) is 0 Å². The lowest BCUT2D eigenvalue weighted by atomic mass is 10.2. The summed E-state index contributed by atoms with van der Waals surface area (Å²) in [5.41, 5.74) is 6.36. The number of nitrogens with zero attached hydrogens (tertiary/aromatic N) is 2. The van der Waals surface area contributed by atoms with Crippen LogP contribution in [0.2, 0.25) is 5.02 Å². The van der Waals surface area contributed by atoms with Gasteiger partial charge in [0, 0.05) is 5.56 Å². The van der Waals surface area contributed by atoms with Crippen LogP contribution in [0.3, 0.4) is 0 Å². The molecule has 1 atom stereocenters. The largest absolute Gasteiger partial charge is 0.337 e. The van der Waals surface area contributed by atoms with Gasteiger partial charge in [-0.1, -0.05) is 28.9 Å². The van der Waals surface area contributed by atoms with Crippen molar-refractivity contribution >= 4 is 24.0 Å². The molecule has 2 aromatic rings. The van der Waals surface area contributed by atoms with E-state index in [1.54, 1.807) is 13.0 Å². The van der Waals surface area contributed by atoms with Crippen LogP contribution in [0.4, 0.5) is 0 Å². The summed E-state index contributed by atoms with van der Waals surface area (Å²) in [5.74, 6) is 0.873. The van der Waals surface area contributed by atoms with Crippen LogP contribution in [-0.2, 0) is 0 Å². The first kappa shape index (κ1) is 13.0. The Hall–Kier alpha value is -1.10. The molecule has 0 spiro atoms. The molecule has 0 aliphatic carbocycles. The summed E-state index contributed by atoms with van der Waals surface area (Å²) in [5, 5.41) is 4.41. The van der Waals surface area contributed by atoms with Crippen LogP contribution in [0, 0.1) is 0 Å². The lowest BCUT2D eigenvalue weighted by Gasteiger charge is -1.96. The van der Waals surface area contributed by atoms with Crippen molar-refractivity contribution < 1.29 is 4.52 Å². The van der Waals surface area contributed by atoms with Gasteiger partial charge in [0.1, 0.15) is 0 Å². The van der Waals surface area contributed by atoms with E-state index in [0.29, 0.717) is 16.7 Å². The molecule has 86 valence electrons. The Morgan fingerprint density at radius 2 is 2.06 bits per heavy atom. The SMILES string of the molecule is CC(N)c1nc(-c2ccccc2Cl)no1.Cl. The molecule has 0 aliphatic heterocycles. The van der Waals surface area contributed by atoms with Crippen molar-refractivity contribution in [1.82, 2.24) is 10.1 Å². The van der Waals surface area contributed by atoms with Crippen LogP contribution in [0.5, 0.6) is 0 Å². The predicted molar refractivity (Wildman–Crippen MR) is 64.6 cm³/mol. The van der Waals surface area contributed by atoms with Crippen molar-refractivity contribution in [3.63, 3.8) is 0 Å².